The van der Waals surface area contributed by atoms with Crippen molar-refractivity contribution in [1.29, 1.82) is 0 Å². The maximum absolute atomic E-state index is 12.2. The van der Waals surface area contributed by atoms with Crippen LogP contribution in [0.5, 0.6) is 0 Å². The number of ether oxygens (including phenoxy) is 1. The summed E-state index contributed by atoms with van der Waals surface area (Å²) in [6.07, 6.45) is 0. The van der Waals surface area contributed by atoms with Gasteiger partial charge in [-0.05, 0) is 38.5 Å². The van der Waals surface area contributed by atoms with E-state index in [0.29, 0.717) is 23.7 Å². The number of likely N-dealkylation sites (N-methyl/N-ethyl adjacent to an activating group) is 1. The van der Waals surface area contributed by atoms with Gasteiger partial charge in [0.05, 0.1) is 6.61 Å². The Morgan fingerprint density at radius 2 is 2.00 bits per heavy atom. The molecule has 0 aromatic heterocycles. The number of rotatable bonds is 5. The van der Waals surface area contributed by atoms with Crippen molar-refractivity contribution in [2.45, 2.75) is 20.8 Å². The molecule has 0 saturated heterocycles. The Morgan fingerprint density at radius 3 is 2.53 bits per heavy atom. The molecule has 1 amide bonds. The molecule has 104 valence electrons. The van der Waals surface area contributed by atoms with E-state index in [9.17, 15) is 9.59 Å². The van der Waals surface area contributed by atoms with Crippen molar-refractivity contribution in [3.63, 3.8) is 0 Å². The molecule has 0 atom stereocenters. The summed E-state index contributed by atoms with van der Waals surface area (Å²) in [5.41, 5.74) is 1.38. The monoisotopic (exact) mass is 283 g/mol. The highest BCUT2D eigenvalue weighted by molar-refractivity contribution is 6.31. The molecular formula is C14H18ClNO3. The SMILES string of the molecule is CCOC(=O)CN(CC)C(=O)c1ccc(C)c(Cl)c1. The average Bonchev–Trinajstić information content (AvgIpc) is 2.38. The van der Waals surface area contributed by atoms with Gasteiger partial charge < -0.3 is 9.64 Å². The lowest BCUT2D eigenvalue weighted by Crippen LogP contribution is -2.36. The van der Waals surface area contributed by atoms with Crippen LogP contribution in [0.25, 0.3) is 0 Å². The summed E-state index contributed by atoms with van der Waals surface area (Å²) >= 11 is 6.00. The molecule has 1 aromatic rings. The Bertz CT molecular complexity index is 474. The molecule has 1 aromatic carbocycles. The van der Waals surface area contributed by atoms with Gasteiger partial charge >= 0.3 is 5.97 Å². The van der Waals surface area contributed by atoms with Crippen molar-refractivity contribution in [2.24, 2.45) is 0 Å². The summed E-state index contributed by atoms with van der Waals surface area (Å²) in [6, 6.07) is 5.11. The van der Waals surface area contributed by atoms with Gasteiger partial charge in [0.1, 0.15) is 6.54 Å². The topological polar surface area (TPSA) is 46.6 Å². The Hall–Kier alpha value is -1.55. The minimum atomic E-state index is -0.407. The first-order valence-electron chi connectivity index (χ1n) is 6.20. The molecule has 19 heavy (non-hydrogen) atoms. The molecule has 0 aliphatic rings. The Kier molecular flexibility index (Phi) is 5.83. The average molecular weight is 284 g/mol. The van der Waals surface area contributed by atoms with Crippen molar-refractivity contribution in [3.05, 3.63) is 34.3 Å². The third kappa shape index (κ3) is 4.24. The number of carbonyl (C=O) groups excluding carboxylic acids is 2. The van der Waals surface area contributed by atoms with Crippen LogP contribution in [-0.4, -0.2) is 36.5 Å². The van der Waals surface area contributed by atoms with Crippen LogP contribution in [0.15, 0.2) is 18.2 Å². The molecule has 0 aliphatic carbocycles. The zero-order chi connectivity index (χ0) is 14.4. The van der Waals surface area contributed by atoms with Crippen LogP contribution >= 0.6 is 11.6 Å². The standard InChI is InChI=1S/C14H18ClNO3/c1-4-16(9-13(17)19-5-2)14(18)11-7-6-10(3)12(15)8-11/h6-8H,4-5,9H2,1-3H3. The maximum Gasteiger partial charge on any atom is 0.325 e. The largest absolute Gasteiger partial charge is 0.465 e. The van der Waals surface area contributed by atoms with Crippen molar-refractivity contribution >= 4 is 23.5 Å². The number of hydrogen-bond donors (Lipinski definition) is 0. The van der Waals surface area contributed by atoms with Crippen LogP contribution in [0.1, 0.15) is 29.8 Å². The highest BCUT2D eigenvalue weighted by Crippen LogP contribution is 2.17. The molecule has 0 fully saturated rings. The second-order valence-corrected chi connectivity index (χ2v) is 4.50. The first-order valence-corrected chi connectivity index (χ1v) is 6.58. The van der Waals surface area contributed by atoms with E-state index in [1.165, 1.54) is 4.90 Å². The van der Waals surface area contributed by atoms with Gasteiger partial charge in [0, 0.05) is 17.1 Å². The fourth-order valence-corrected chi connectivity index (χ4v) is 1.78. The zero-order valence-electron chi connectivity index (χ0n) is 11.4. The van der Waals surface area contributed by atoms with E-state index in [-0.39, 0.29) is 12.5 Å². The van der Waals surface area contributed by atoms with Crippen LogP contribution in [0.4, 0.5) is 0 Å². The molecular weight excluding hydrogens is 266 g/mol. The maximum atomic E-state index is 12.2. The van der Waals surface area contributed by atoms with E-state index in [0.717, 1.165) is 5.56 Å². The van der Waals surface area contributed by atoms with Gasteiger partial charge in [-0.1, -0.05) is 17.7 Å². The van der Waals surface area contributed by atoms with Crippen LogP contribution in [0.2, 0.25) is 5.02 Å². The van der Waals surface area contributed by atoms with Gasteiger partial charge in [-0.2, -0.15) is 0 Å². The van der Waals surface area contributed by atoms with Crippen LogP contribution < -0.4 is 0 Å². The predicted molar refractivity (Wildman–Crippen MR) is 74.4 cm³/mol. The van der Waals surface area contributed by atoms with Crippen molar-refractivity contribution in [1.82, 2.24) is 4.90 Å². The minimum Gasteiger partial charge on any atom is -0.465 e. The number of esters is 1. The fraction of sp³-hybridized carbons (Fsp3) is 0.429. The summed E-state index contributed by atoms with van der Waals surface area (Å²) < 4.78 is 4.84. The molecule has 1 rings (SSSR count). The van der Waals surface area contributed by atoms with E-state index >= 15 is 0 Å². The molecule has 4 nitrogen and oxygen atoms in total. The normalized spacial score (nSPS) is 10.1. The molecule has 0 aliphatic heterocycles. The van der Waals surface area contributed by atoms with Gasteiger partial charge in [0.25, 0.3) is 5.91 Å². The summed E-state index contributed by atoms with van der Waals surface area (Å²) in [7, 11) is 0. The Balaban J connectivity index is 2.83. The molecule has 0 heterocycles. The number of nitrogens with zero attached hydrogens (tertiary/aromatic N) is 1. The summed E-state index contributed by atoms with van der Waals surface area (Å²) in [5.74, 6) is -0.631. The van der Waals surface area contributed by atoms with E-state index in [1.54, 1.807) is 25.1 Å². The number of halogens is 1. The first kappa shape index (κ1) is 15.5. The van der Waals surface area contributed by atoms with E-state index in [4.69, 9.17) is 16.3 Å². The molecule has 5 heteroatoms. The Morgan fingerprint density at radius 1 is 1.32 bits per heavy atom. The lowest BCUT2D eigenvalue weighted by Gasteiger charge is -2.20. The Labute approximate surface area is 118 Å². The highest BCUT2D eigenvalue weighted by atomic mass is 35.5. The van der Waals surface area contributed by atoms with Crippen molar-refractivity contribution < 1.29 is 14.3 Å². The van der Waals surface area contributed by atoms with E-state index < -0.39 is 5.97 Å². The van der Waals surface area contributed by atoms with Gasteiger partial charge in [-0.15, -0.1) is 0 Å². The summed E-state index contributed by atoms with van der Waals surface area (Å²) in [4.78, 5) is 25.1. The molecule has 0 unspecified atom stereocenters. The summed E-state index contributed by atoms with van der Waals surface area (Å²) in [5, 5.41) is 0.540. The fourth-order valence-electron chi connectivity index (χ4n) is 1.60. The highest BCUT2D eigenvalue weighted by Gasteiger charge is 2.18. The second-order valence-electron chi connectivity index (χ2n) is 4.09. The number of aryl methyl sites for hydroxylation is 1. The van der Waals surface area contributed by atoms with Gasteiger partial charge in [-0.3, -0.25) is 9.59 Å². The second kappa shape index (κ2) is 7.14. The number of carbonyl (C=O) groups is 2. The van der Waals surface area contributed by atoms with E-state index in [1.807, 2.05) is 13.8 Å². The number of hydrogen-bond acceptors (Lipinski definition) is 3. The summed E-state index contributed by atoms with van der Waals surface area (Å²) in [6.45, 7) is 6.11. The molecule has 0 N–H and O–H groups in total. The first-order chi connectivity index (χ1) is 8.99. The molecule has 0 spiro atoms. The third-order valence-electron chi connectivity index (χ3n) is 2.71. The van der Waals surface area contributed by atoms with Crippen LogP contribution in [0, 0.1) is 6.92 Å². The van der Waals surface area contributed by atoms with Crippen LogP contribution in [-0.2, 0) is 9.53 Å². The quantitative estimate of drug-likeness (QED) is 0.781. The number of benzene rings is 1. The predicted octanol–water partition coefficient (Wildman–Crippen LogP) is 2.67. The van der Waals surface area contributed by atoms with Gasteiger partial charge in [-0.25, -0.2) is 0 Å². The van der Waals surface area contributed by atoms with E-state index in [2.05, 4.69) is 0 Å². The van der Waals surface area contributed by atoms with Crippen LogP contribution in [0.3, 0.4) is 0 Å². The molecule has 0 saturated carbocycles. The zero-order valence-corrected chi connectivity index (χ0v) is 12.2. The minimum absolute atomic E-state index is 0.0470. The van der Waals surface area contributed by atoms with Gasteiger partial charge in [0.2, 0.25) is 0 Å². The van der Waals surface area contributed by atoms with Crippen molar-refractivity contribution in [3.8, 4) is 0 Å². The molecule has 0 bridgehead atoms. The number of amides is 1. The third-order valence-corrected chi connectivity index (χ3v) is 3.12. The lowest BCUT2D eigenvalue weighted by molar-refractivity contribution is -0.143. The lowest BCUT2D eigenvalue weighted by atomic mass is 10.1. The molecule has 0 radical (unpaired) electrons. The smallest absolute Gasteiger partial charge is 0.325 e. The van der Waals surface area contributed by atoms with Gasteiger partial charge in [0.15, 0.2) is 0 Å². The van der Waals surface area contributed by atoms with Crippen molar-refractivity contribution in [2.75, 3.05) is 19.7 Å².